The van der Waals surface area contributed by atoms with Gasteiger partial charge in [-0.25, -0.2) is 0 Å². The van der Waals surface area contributed by atoms with Gasteiger partial charge in [0.15, 0.2) is 0 Å². The number of aromatic nitrogens is 1. The van der Waals surface area contributed by atoms with Crippen molar-refractivity contribution in [3.63, 3.8) is 0 Å². The number of aromatic amines is 1. The van der Waals surface area contributed by atoms with Gasteiger partial charge in [0.25, 0.3) is 5.91 Å². The molecule has 3 N–H and O–H groups in total. The van der Waals surface area contributed by atoms with Gasteiger partial charge in [0, 0.05) is 24.0 Å². The molecule has 0 radical (unpaired) electrons. The maximum absolute atomic E-state index is 12.6. The number of likely N-dealkylation sites (tertiary alicyclic amines) is 1. The molecule has 1 aromatic heterocycles. The molecule has 2 aromatic rings. The van der Waals surface area contributed by atoms with E-state index in [1.54, 1.807) is 11.0 Å². The Balaban J connectivity index is 1.69. The minimum atomic E-state index is -0.901. The van der Waals surface area contributed by atoms with Gasteiger partial charge in [-0.3, -0.25) is 9.59 Å². The van der Waals surface area contributed by atoms with Crippen LogP contribution in [-0.4, -0.2) is 52.5 Å². The highest BCUT2D eigenvalue weighted by molar-refractivity contribution is 6.00. The van der Waals surface area contributed by atoms with E-state index in [1.807, 2.05) is 24.3 Å². The van der Waals surface area contributed by atoms with Crippen LogP contribution in [0.15, 0.2) is 30.3 Å². The first-order chi connectivity index (χ1) is 11.7. The van der Waals surface area contributed by atoms with Crippen molar-refractivity contribution in [3.05, 3.63) is 36.0 Å². The van der Waals surface area contributed by atoms with E-state index in [9.17, 15) is 14.7 Å². The number of hydrogen-bond donors (Lipinski definition) is 3. The molecule has 0 aliphatic carbocycles. The van der Waals surface area contributed by atoms with Gasteiger partial charge in [-0.1, -0.05) is 31.0 Å². The topological polar surface area (TPSA) is 85.4 Å². The smallest absolute Gasteiger partial charge is 0.268 e. The van der Waals surface area contributed by atoms with Crippen LogP contribution < -0.4 is 5.32 Å². The molecule has 1 saturated heterocycles. The van der Waals surface area contributed by atoms with Crippen molar-refractivity contribution in [2.75, 3.05) is 19.7 Å². The van der Waals surface area contributed by atoms with Crippen LogP contribution in [0.1, 0.15) is 36.2 Å². The molecular weight excluding hydrogens is 306 g/mol. The maximum Gasteiger partial charge on any atom is 0.268 e. The second-order valence-corrected chi connectivity index (χ2v) is 6.22. The summed E-state index contributed by atoms with van der Waals surface area (Å²) < 4.78 is 0. The lowest BCUT2D eigenvalue weighted by atomic mass is 10.2. The zero-order valence-corrected chi connectivity index (χ0v) is 13.6. The quantitative estimate of drug-likeness (QED) is 0.797. The molecule has 0 spiro atoms. The molecule has 1 aromatic carbocycles. The van der Waals surface area contributed by atoms with Gasteiger partial charge in [-0.2, -0.15) is 0 Å². The molecule has 2 heterocycles. The van der Waals surface area contributed by atoms with Gasteiger partial charge >= 0.3 is 0 Å². The molecule has 1 aliphatic rings. The number of carbonyl (C=O) groups excluding carboxylic acids is 2. The fourth-order valence-corrected chi connectivity index (χ4v) is 3.13. The van der Waals surface area contributed by atoms with Gasteiger partial charge in [0.05, 0.1) is 6.61 Å². The van der Waals surface area contributed by atoms with E-state index in [0.717, 1.165) is 36.6 Å². The Hall–Kier alpha value is -2.34. The summed E-state index contributed by atoms with van der Waals surface area (Å²) in [6, 6.07) is 8.43. The molecule has 0 saturated carbocycles. The zero-order valence-electron chi connectivity index (χ0n) is 13.6. The first-order valence-corrected chi connectivity index (χ1v) is 8.47. The van der Waals surface area contributed by atoms with Crippen molar-refractivity contribution in [2.45, 2.75) is 31.7 Å². The summed E-state index contributed by atoms with van der Waals surface area (Å²) in [5.74, 6) is -0.586. The lowest BCUT2D eigenvalue weighted by Crippen LogP contribution is -2.50. The van der Waals surface area contributed by atoms with E-state index in [-0.39, 0.29) is 11.8 Å². The largest absolute Gasteiger partial charge is 0.394 e. The highest BCUT2D eigenvalue weighted by Gasteiger charge is 2.26. The molecule has 0 bridgehead atoms. The third kappa shape index (κ3) is 3.59. The molecule has 128 valence electrons. The average Bonchev–Trinajstić information content (AvgIpc) is 2.85. The predicted molar refractivity (Wildman–Crippen MR) is 91.7 cm³/mol. The second-order valence-electron chi connectivity index (χ2n) is 6.22. The Labute approximate surface area is 140 Å². The number of aliphatic hydroxyl groups is 1. The highest BCUT2D eigenvalue weighted by atomic mass is 16.3. The number of carbonyl (C=O) groups is 2. The number of benzene rings is 1. The molecule has 1 atom stereocenters. The zero-order chi connectivity index (χ0) is 16.9. The SMILES string of the molecule is O=C(N[C@@H](CO)C(=O)N1CCCCCC1)c1cc2ccccc2[nH]1. The number of hydrogen-bond acceptors (Lipinski definition) is 3. The third-order valence-electron chi connectivity index (χ3n) is 4.48. The van der Waals surface area contributed by atoms with Crippen molar-refractivity contribution in [1.29, 1.82) is 0 Å². The molecule has 1 fully saturated rings. The predicted octanol–water partition coefficient (Wildman–Crippen LogP) is 1.66. The third-order valence-corrected chi connectivity index (χ3v) is 4.48. The van der Waals surface area contributed by atoms with E-state index in [1.165, 1.54) is 0 Å². The number of H-pyrrole nitrogens is 1. The number of fused-ring (bicyclic) bond motifs is 1. The van der Waals surface area contributed by atoms with Crippen LogP contribution in [0.25, 0.3) is 10.9 Å². The van der Waals surface area contributed by atoms with Crippen LogP contribution in [-0.2, 0) is 4.79 Å². The van der Waals surface area contributed by atoms with E-state index in [4.69, 9.17) is 0 Å². The van der Waals surface area contributed by atoms with Crippen molar-refractivity contribution in [1.82, 2.24) is 15.2 Å². The summed E-state index contributed by atoms with van der Waals surface area (Å²) in [6.45, 7) is 0.983. The number of nitrogens with zero attached hydrogens (tertiary/aromatic N) is 1. The fourth-order valence-electron chi connectivity index (χ4n) is 3.13. The van der Waals surface area contributed by atoms with Crippen molar-refractivity contribution in [3.8, 4) is 0 Å². The number of nitrogens with one attached hydrogen (secondary N) is 2. The summed E-state index contributed by atoms with van der Waals surface area (Å²) in [6.07, 6.45) is 4.18. The number of rotatable bonds is 4. The van der Waals surface area contributed by atoms with E-state index in [0.29, 0.717) is 18.8 Å². The molecule has 6 nitrogen and oxygen atoms in total. The summed E-state index contributed by atoms with van der Waals surface area (Å²) in [4.78, 5) is 29.8. The van der Waals surface area contributed by atoms with E-state index < -0.39 is 12.6 Å². The van der Waals surface area contributed by atoms with Crippen LogP contribution in [0.2, 0.25) is 0 Å². The Bertz CT molecular complexity index is 684. The summed E-state index contributed by atoms with van der Waals surface area (Å²) in [5, 5.41) is 13.1. The first-order valence-electron chi connectivity index (χ1n) is 8.47. The number of amides is 2. The van der Waals surface area contributed by atoms with Crippen LogP contribution in [0.4, 0.5) is 0 Å². The molecule has 24 heavy (non-hydrogen) atoms. The Morgan fingerprint density at radius 1 is 1.17 bits per heavy atom. The van der Waals surface area contributed by atoms with Gasteiger partial charge in [0.2, 0.25) is 5.91 Å². The first kappa shape index (κ1) is 16.5. The minimum absolute atomic E-state index is 0.205. The van der Waals surface area contributed by atoms with Crippen LogP contribution >= 0.6 is 0 Å². The van der Waals surface area contributed by atoms with Crippen LogP contribution in [0, 0.1) is 0 Å². The van der Waals surface area contributed by atoms with Gasteiger partial charge in [-0.15, -0.1) is 0 Å². The maximum atomic E-state index is 12.6. The molecule has 1 aliphatic heterocycles. The summed E-state index contributed by atoms with van der Waals surface area (Å²) in [5.41, 5.74) is 1.25. The molecular formula is C18H23N3O3. The van der Waals surface area contributed by atoms with Crippen molar-refractivity contribution >= 4 is 22.7 Å². The van der Waals surface area contributed by atoms with E-state index >= 15 is 0 Å². The van der Waals surface area contributed by atoms with E-state index in [2.05, 4.69) is 10.3 Å². The molecule has 0 unspecified atom stereocenters. The summed E-state index contributed by atoms with van der Waals surface area (Å²) >= 11 is 0. The Kier molecular flexibility index (Phi) is 5.15. The number of para-hydroxylation sites is 1. The monoisotopic (exact) mass is 329 g/mol. The lowest BCUT2D eigenvalue weighted by Gasteiger charge is -2.25. The lowest BCUT2D eigenvalue weighted by molar-refractivity contribution is -0.134. The average molecular weight is 329 g/mol. The number of aliphatic hydroxyl groups excluding tert-OH is 1. The molecule has 3 rings (SSSR count). The fraction of sp³-hybridized carbons (Fsp3) is 0.444. The normalized spacial score (nSPS) is 16.6. The summed E-state index contributed by atoms with van der Waals surface area (Å²) in [7, 11) is 0. The Morgan fingerprint density at radius 2 is 1.88 bits per heavy atom. The van der Waals surface area contributed by atoms with Crippen molar-refractivity contribution in [2.24, 2.45) is 0 Å². The van der Waals surface area contributed by atoms with Gasteiger partial charge in [-0.05, 0) is 25.0 Å². The second kappa shape index (κ2) is 7.49. The standard InChI is InChI=1S/C18H23N3O3/c22-12-16(18(24)21-9-5-1-2-6-10-21)20-17(23)15-11-13-7-3-4-8-14(13)19-15/h3-4,7-8,11,16,19,22H,1-2,5-6,9-10,12H2,(H,20,23)/t16-/m0/s1. The highest BCUT2D eigenvalue weighted by Crippen LogP contribution is 2.15. The molecule has 2 amide bonds. The molecule has 6 heteroatoms. The van der Waals surface area contributed by atoms with Crippen LogP contribution in [0.5, 0.6) is 0 Å². The van der Waals surface area contributed by atoms with Crippen LogP contribution in [0.3, 0.4) is 0 Å². The van der Waals surface area contributed by atoms with Gasteiger partial charge < -0.3 is 20.3 Å². The Morgan fingerprint density at radius 3 is 2.54 bits per heavy atom. The minimum Gasteiger partial charge on any atom is -0.394 e. The van der Waals surface area contributed by atoms with Crippen molar-refractivity contribution < 1.29 is 14.7 Å². The van der Waals surface area contributed by atoms with Gasteiger partial charge in [0.1, 0.15) is 11.7 Å².